The maximum atomic E-state index is 12.7. The lowest BCUT2D eigenvalue weighted by atomic mass is 9.62. The Labute approximate surface area is 169 Å². The molecule has 1 atom stereocenters. The highest BCUT2D eigenvalue weighted by Crippen LogP contribution is 2.50. The number of rotatable bonds is 3. The molecule has 3 fully saturated rings. The number of carbonyl (C=O) groups excluding carboxylic acids is 1. The number of amides is 2. The van der Waals surface area contributed by atoms with E-state index in [0.717, 1.165) is 12.1 Å². The summed E-state index contributed by atoms with van der Waals surface area (Å²) in [6.07, 6.45) is 1.07. The average molecular weight is 423 g/mol. The van der Waals surface area contributed by atoms with Crippen molar-refractivity contribution >= 4 is 6.03 Å². The number of hydrogen-bond donors (Lipinski definition) is 1. The molecule has 160 valence electrons. The number of aromatic amines is 1. The third kappa shape index (κ3) is 3.43. The first-order valence-electron chi connectivity index (χ1n) is 9.77. The Morgan fingerprint density at radius 2 is 2.00 bits per heavy atom. The molecule has 9 nitrogen and oxygen atoms in total. The fraction of sp³-hybridized carbons (Fsp3) is 0.611. The van der Waals surface area contributed by atoms with Gasteiger partial charge in [0.15, 0.2) is 5.69 Å². The van der Waals surface area contributed by atoms with Crippen LogP contribution in [0.5, 0.6) is 5.88 Å². The fourth-order valence-corrected chi connectivity index (χ4v) is 4.65. The van der Waals surface area contributed by atoms with Crippen LogP contribution in [-0.4, -0.2) is 73.5 Å². The van der Waals surface area contributed by atoms with Crippen LogP contribution in [0.4, 0.5) is 18.0 Å². The van der Waals surface area contributed by atoms with Crippen LogP contribution in [0.1, 0.15) is 36.6 Å². The molecule has 1 saturated carbocycles. The molecular formula is C18H20F3N7O2. The Hall–Kier alpha value is -2.92. The second-order valence-corrected chi connectivity index (χ2v) is 8.37. The van der Waals surface area contributed by atoms with E-state index in [0.29, 0.717) is 45.2 Å². The SMILES string of the molecule is O=C(N1CC[C@H](c2cnn[nH]2)C1)N1CC2(CC(Oc3cncc(C(F)(F)F)n3)C2)C1. The molecule has 0 unspecified atom stereocenters. The first-order valence-corrected chi connectivity index (χ1v) is 9.77. The summed E-state index contributed by atoms with van der Waals surface area (Å²) < 4.78 is 43.8. The number of aromatic nitrogens is 5. The van der Waals surface area contributed by atoms with Gasteiger partial charge in [-0.05, 0) is 19.3 Å². The molecule has 12 heteroatoms. The summed E-state index contributed by atoms with van der Waals surface area (Å²) in [5.41, 5.74) is -0.117. The van der Waals surface area contributed by atoms with Crippen molar-refractivity contribution in [3.05, 3.63) is 30.0 Å². The van der Waals surface area contributed by atoms with Crippen molar-refractivity contribution in [3.8, 4) is 5.88 Å². The number of alkyl halides is 3. The highest BCUT2D eigenvalue weighted by Gasteiger charge is 2.55. The number of halogens is 3. The summed E-state index contributed by atoms with van der Waals surface area (Å²) in [6, 6.07) is 0.0312. The largest absolute Gasteiger partial charge is 0.473 e. The number of ether oxygens (including phenoxy) is 1. The Balaban J connectivity index is 1.10. The third-order valence-electron chi connectivity index (χ3n) is 6.17. The molecule has 1 aliphatic carbocycles. The summed E-state index contributed by atoms with van der Waals surface area (Å²) in [5.74, 6) is 0.113. The van der Waals surface area contributed by atoms with Crippen LogP contribution in [0.15, 0.2) is 18.6 Å². The Morgan fingerprint density at radius 1 is 1.20 bits per heavy atom. The molecule has 4 heterocycles. The summed E-state index contributed by atoms with van der Waals surface area (Å²) in [7, 11) is 0. The van der Waals surface area contributed by atoms with Gasteiger partial charge in [0.25, 0.3) is 0 Å². The molecule has 30 heavy (non-hydrogen) atoms. The zero-order valence-electron chi connectivity index (χ0n) is 16.0. The third-order valence-corrected chi connectivity index (χ3v) is 6.17. The zero-order valence-corrected chi connectivity index (χ0v) is 16.0. The van der Waals surface area contributed by atoms with Crippen molar-refractivity contribution in [2.24, 2.45) is 5.41 Å². The van der Waals surface area contributed by atoms with Crippen LogP contribution in [-0.2, 0) is 6.18 Å². The summed E-state index contributed by atoms with van der Waals surface area (Å²) in [4.78, 5) is 23.5. The molecule has 2 aromatic rings. The van der Waals surface area contributed by atoms with Crippen LogP contribution in [0.25, 0.3) is 0 Å². The number of H-pyrrole nitrogens is 1. The van der Waals surface area contributed by atoms with Crippen LogP contribution in [0, 0.1) is 5.41 Å². The molecule has 2 saturated heterocycles. The Morgan fingerprint density at radius 3 is 2.70 bits per heavy atom. The van der Waals surface area contributed by atoms with Gasteiger partial charge in [-0.25, -0.2) is 9.78 Å². The van der Waals surface area contributed by atoms with Crippen molar-refractivity contribution in [3.63, 3.8) is 0 Å². The number of carbonyl (C=O) groups is 1. The van der Waals surface area contributed by atoms with Crippen LogP contribution in [0.3, 0.4) is 0 Å². The second-order valence-electron chi connectivity index (χ2n) is 8.37. The van der Waals surface area contributed by atoms with E-state index in [-0.39, 0.29) is 29.3 Å². The Bertz CT molecular complexity index is 922. The number of nitrogens with one attached hydrogen (secondary N) is 1. The highest BCUT2D eigenvalue weighted by molar-refractivity contribution is 5.76. The zero-order chi connectivity index (χ0) is 20.9. The normalized spacial score (nSPS) is 23.4. The monoisotopic (exact) mass is 423 g/mol. The maximum absolute atomic E-state index is 12.7. The molecule has 2 amide bonds. The number of likely N-dealkylation sites (tertiary alicyclic amines) is 2. The van der Waals surface area contributed by atoms with Gasteiger partial charge < -0.3 is 14.5 Å². The van der Waals surface area contributed by atoms with E-state index in [9.17, 15) is 18.0 Å². The van der Waals surface area contributed by atoms with Gasteiger partial charge in [0.05, 0.1) is 24.3 Å². The molecule has 1 spiro atoms. The average Bonchev–Trinajstić information content (AvgIpc) is 3.32. The van der Waals surface area contributed by atoms with Crippen molar-refractivity contribution in [1.29, 1.82) is 0 Å². The van der Waals surface area contributed by atoms with Gasteiger partial charge in [0, 0.05) is 37.5 Å². The second kappa shape index (κ2) is 6.81. The van der Waals surface area contributed by atoms with Crippen molar-refractivity contribution in [2.45, 2.75) is 37.5 Å². The van der Waals surface area contributed by atoms with E-state index in [2.05, 4.69) is 25.4 Å². The van der Waals surface area contributed by atoms with Crippen molar-refractivity contribution in [2.75, 3.05) is 26.2 Å². The van der Waals surface area contributed by atoms with E-state index in [4.69, 9.17) is 4.74 Å². The first kappa shape index (κ1) is 19.1. The summed E-state index contributed by atoms with van der Waals surface area (Å²) >= 11 is 0. The molecule has 0 aromatic carbocycles. The van der Waals surface area contributed by atoms with E-state index in [1.54, 1.807) is 6.20 Å². The summed E-state index contributed by atoms with van der Waals surface area (Å²) in [6.45, 7) is 2.64. The van der Waals surface area contributed by atoms with Crippen LogP contribution >= 0.6 is 0 Å². The molecule has 3 aliphatic rings. The number of urea groups is 1. The number of nitrogens with zero attached hydrogens (tertiary/aromatic N) is 6. The lowest BCUT2D eigenvalue weighted by Crippen LogP contribution is -2.67. The molecule has 0 radical (unpaired) electrons. The summed E-state index contributed by atoms with van der Waals surface area (Å²) in [5, 5.41) is 10.4. The van der Waals surface area contributed by atoms with E-state index < -0.39 is 11.9 Å². The van der Waals surface area contributed by atoms with Crippen LogP contribution < -0.4 is 4.74 Å². The molecule has 0 bridgehead atoms. The highest BCUT2D eigenvalue weighted by atomic mass is 19.4. The Kier molecular flexibility index (Phi) is 4.33. The lowest BCUT2D eigenvalue weighted by molar-refractivity contribution is -0.142. The van der Waals surface area contributed by atoms with E-state index >= 15 is 0 Å². The minimum Gasteiger partial charge on any atom is -0.473 e. The molecular weight excluding hydrogens is 403 g/mol. The van der Waals surface area contributed by atoms with Gasteiger partial charge in [0.2, 0.25) is 5.88 Å². The smallest absolute Gasteiger partial charge is 0.435 e. The van der Waals surface area contributed by atoms with Gasteiger partial charge >= 0.3 is 12.2 Å². The molecule has 1 N–H and O–H groups in total. The molecule has 5 rings (SSSR count). The maximum Gasteiger partial charge on any atom is 0.435 e. The van der Waals surface area contributed by atoms with Gasteiger partial charge in [0.1, 0.15) is 6.10 Å². The fourth-order valence-electron chi connectivity index (χ4n) is 4.65. The predicted molar refractivity (Wildman–Crippen MR) is 95.4 cm³/mol. The topological polar surface area (TPSA) is 100 Å². The van der Waals surface area contributed by atoms with Gasteiger partial charge in [-0.1, -0.05) is 5.21 Å². The predicted octanol–water partition coefficient (Wildman–Crippen LogP) is 2.07. The standard InChI is InChI=1S/C18H20F3N7O2/c19-18(20,21)14-6-22-7-15(24-14)30-12-3-17(4-12)9-28(10-17)16(29)27-2-1-11(8-27)13-5-23-26-25-13/h5-7,11-12H,1-4,8-10H2,(H,23,25,26)/t11-/m0/s1. The molecule has 2 aliphatic heterocycles. The van der Waals surface area contributed by atoms with Gasteiger partial charge in [-0.2, -0.15) is 13.2 Å². The van der Waals surface area contributed by atoms with Gasteiger partial charge in [-0.3, -0.25) is 10.1 Å². The van der Waals surface area contributed by atoms with Crippen molar-refractivity contribution < 1.29 is 22.7 Å². The van der Waals surface area contributed by atoms with Crippen molar-refractivity contribution in [1.82, 2.24) is 35.2 Å². The van der Waals surface area contributed by atoms with E-state index in [1.807, 2.05) is 9.80 Å². The first-order chi connectivity index (χ1) is 14.3. The quantitative estimate of drug-likeness (QED) is 0.811. The van der Waals surface area contributed by atoms with Gasteiger partial charge in [-0.15, -0.1) is 5.10 Å². The minimum absolute atomic E-state index is 0.00180. The lowest BCUT2D eigenvalue weighted by Gasteiger charge is -2.58. The van der Waals surface area contributed by atoms with Crippen LogP contribution in [0.2, 0.25) is 0 Å². The molecule has 2 aromatic heterocycles. The minimum atomic E-state index is -4.55. The number of hydrogen-bond acceptors (Lipinski definition) is 6. The van der Waals surface area contributed by atoms with E-state index in [1.165, 1.54) is 6.20 Å².